The van der Waals surface area contributed by atoms with E-state index in [1.54, 1.807) is 30.3 Å². The van der Waals surface area contributed by atoms with Crippen LogP contribution in [0.5, 0.6) is 5.75 Å². The quantitative estimate of drug-likeness (QED) is 0.412. The number of ether oxygens (including phenoxy) is 1. The van der Waals surface area contributed by atoms with Crippen LogP contribution in [0.25, 0.3) is 6.08 Å². The minimum atomic E-state index is -0.482. The molecule has 0 radical (unpaired) electrons. The molecule has 2 aromatic carbocycles. The van der Waals surface area contributed by atoms with Crippen LogP contribution >= 0.6 is 11.6 Å². The van der Waals surface area contributed by atoms with Crippen molar-refractivity contribution >= 4 is 29.3 Å². The second kappa shape index (κ2) is 9.96. The average molecular weight is 435 g/mol. The van der Waals surface area contributed by atoms with Gasteiger partial charge >= 0.3 is 0 Å². The predicted octanol–water partition coefficient (Wildman–Crippen LogP) is 5.15. The zero-order valence-electron chi connectivity index (χ0n) is 17.6. The number of carbonyl (C=O) groups excluding carboxylic acids is 1. The van der Waals surface area contributed by atoms with Gasteiger partial charge in [0.2, 0.25) is 0 Å². The number of anilines is 1. The first-order valence-electron chi connectivity index (χ1n) is 9.86. The average Bonchev–Trinajstić information content (AvgIpc) is 3.02. The van der Waals surface area contributed by atoms with E-state index in [1.165, 1.54) is 0 Å². The highest BCUT2D eigenvalue weighted by Gasteiger charge is 2.15. The molecule has 0 saturated carbocycles. The molecule has 1 aromatic heterocycles. The van der Waals surface area contributed by atoms with Crippen molar-refractivity contribution in [2.24, 2.45) is 0 Å². The molecule has 3 aromatic rings. The van der Waals surface area contributed by atoms with Gasteiger partial charge in [-0.25, -0.2) is 0 Å². The summed E-state index contributed by atoms with van der Waals surface area (Å²) < 4.78 is 7.22. The lowest BCUT2D eigenvalue weighted by atomic mass is 10.1. The highest BCUT2D eigenvalue weighted by Crippen LogP contribution is 2.22. The van der Waals surface area contributed by atoms with Crippen LogP contribution in [-0.2, 0) is 11.3 Å². The Morgan fingerprint density at radius 1 is 1.23 bits per heavy atom. The van der Waals surface area contributed by atoms with Crippen molar-refractivity contribution < 1.29 is 9.53 Å². The van der Waals surface area contributed by atoms with Crippen LogP contribution in [0.4, 0.5) is 5.69 Å². The first kappa shape index (κ1) is 22.1. The van der Waals surface area contributed by atoms with E-state index >= 15 is 0 Å². The van der Waals surface area contributed by atoms with Gasteiger partial charge in [-0.2, -0.15) is 10.4 Å². The van der Waals surface area contributed by atoms with Crippen LogP contribution in [0.3, 0.4) is 0 Å². The number of amides is 1. The molecule has 0 atom stereocenters. The van der Waals surface area contributed by atoms with Gasteiger partial charge in [0.15, 0.2) is 0 Å². The molecular formula is C24H23ClN4O2. The fourth-order valence-electron chi connectivity index (χ4n) is 3.15. The molecule has 0 spiro atoms. The SMILES string of the molecule is CCOc1ccc(NC(=O)/C(C#N)=C/c2c(C)nn(Cc3ccccc3Cl)c2C)cc1. The molecule has 3 rings (SSSR count). The lowest BCUT2D eigenvalue weighted by Gasteiger charge is -2.07. The van der Waals surface area contributed by atoms with E-state index in [1.807, 2.05) is 55.8 Å². The van der Waals surface area contributed by atoms with E-state index < -0.39 is 5.91 Å². The van der Waals surface area contributed by atoms with Crippen molar-refractivity contribution in [1.29, 1.82) is 5.26 Å². The highest BCUT2D eigenvalue weighted by molar-refractivity contribution is 6.31. The minimum absolute atomic E-state index is 0.00243. The molecule has 0 aliphatic heterocycles. The monoisotopic (exact) mass is 434 g/mol. The second-order valence-corrected chi connectivity index (χ2v) is 7.32. The van der Waals surface area contributed by atoms with Crippen LogP contribution in [0, 0.1) is 25.2 Å². The molecule has 0 bridgehead atoms. The van der Waals surface area contributed by atoms with Crippen molar-refractivity contribution in [1.82, 2.24) is 9.78 Å². The maximum atomic E-state index is 12.6. The van der Waals surface area contributed by atoms with Crippen molar-refractivity contribution in [3.8, 4) is 11.8 Å². The first-order valence-corrected chi connectivity index (χ1v) is 10.2. The second-order valence-electron chi connectivity index (χ2n) is 6.91. The normalized spacial score (nSPS) is 11.1. The number of nitrogens with zero attached hydrogens (tertiary/aromatic N) is 3. The third-order valence-electron chi connectivity index (χ3n) is 4.79. The zero-order valence-corrected chi connectivity index (χ0v) is 18.4. The molecule has 7 heteroatoms. The number of aromatic nitrogens is 2. The van der Waals surface area contributed by atoms with Gasteiger partial charge in [0.25, 0.3) is 5.91 Å². The smallest absolute Gasteiger partial charge is 0.266 e. The summed E-state index contributed by atoms with van der Waals surface area (Å²) in [5.74, 6) is 0.234. The van der Waals surface area contributed by atoms with Gasteiger partial charge in [0.05, 0.1) is 18.8 Å². The van der Waals surface area contributed by atoms with E-state index in [4.69, 9.17) is 16.3 Å². The van der Waals surface area contributed by atoms with Crippen LogP contribution in [-0.4, -0.2) is 22.3 Å². The molecule has 1 heterocycles. The van der Waals surface area contributed by atoms with Gasteiger partial charge < -0.3 is 10.1 Å². The summed E-state index contributed by atoms with van der Waals surface area (Å²) in [6.45, 7) is 6.72. The Morgan fingerprint density at radius 3 is 2.58 bits per heavy atom. The third kappa shape index (κ3) is 5.33. The number of aryl methyl sites for hydroxylation is 1. The number of benzene rings is 2. The third-order valence-corrected chi connectivity index (χ3v) is 5.16. The molecular weight excluding hydrogens is 412 g/mol. The highest BCUT2D eigenvalue weighted by atomic mass is 35.5. The number of nitrogens with one attached hydrogen (secondary N) is 1. The summed E-state index contributed by atoms with van der Waals surface area (Å²) in [5, 5.41) is 17.5. The molecule has 1 N–H and O–H groups in total. The fourth-order valence-corrected chi connectivity index (χ4v) is 3.35. The molecule has 6 nitrogen and oxygen atoms in total. The molecule has 0 aliphatic carbocycles. The first-order chi connectivity index (χ1) is 14.9. The number of carbonyl (C=O) groups is 1. The van der Waals surface area contributed by atoms with Gasteiger partial charge in [-0.3, -0.25) is 9.48 Å². The molecule has 0 aliphatic rings. The zero-order chi connectivity index (χ0) is 22.4. The Kier molecular flexibility index (Phi) is 7.11. The van der Waals surface area contributed by atoms with Crippen LogP contribution < -0.4 is 10.1 Å². The van der Waals surface area contributed by atoms with Crippen LogP contribution in [0.1, 0.15) is 29.4 Å². The van der Waals surface area contributed by atoms with Crippen molar-refractivity contribution in [2.75, 3.05) is 11.9 Å². The van der Waals surface area contributed by atoms with Gasteiger partial charge in [0, 0.05) is 22.0 Å². The number of nitriles is 1. The molecule has 1 amide bonds. The van der Waals surface area contributed by atoms with E-state index in [0.717, 1.165) is 22.5 Å². The van der Waals surface area contributed by atoms with Gasteiger partial charge in [-0.15, -0.1) is 0 Å². The topological polar surface area (TPSA) is 79.9 Å². The number of hydrogen-bond donors (Lipinski definition) is 1. The summed E-state index contributed by atoms with van der Waals surface area (Å²) in [4.78, 5) is 12.6. The lowest BCUT2D eigenvalue weighted by Crippen LogP contribution is -2.13. The maximum absolute atomic E-state index is 12.6. The van der Waals surface area contributed by atoms with E-state index in [0.29, 0.717) is 29.6 Å². The summed E-state index contributed by atoms with van der Waals surface area (Å²) >= 11 is 6.27. The number of rotatable bonds is 7. The summed E-state index contributed by atoms with van der Waals surface area (Å²) in [5.41, 5.74) is 3.84. The largest absolute Gasteiger partial charge is 0.494 e. The molecule has 158 valence electrons. The Hall–Kier alpha value is -3.56. The number of halogens is 1. The van der Waals surface area contributed by atoms with Crippen molar-refractivity contribution in [3.63, 3.8) is 0 Å². The molecule has 0 unspecified atom stereocenters. The molecule has 0 fully saturated rings. The van der Waals surface area contributed by atoms with E-state index in [-0.39, 0.29) is 5.57 Å². The Labute approximate surface area is 186 Å². The molecule has 31 heavy (non-hydrogen) atoms. The number of hydrogen-bond acceptors (Lipinski definition) is 4. The van der Waals surface area contributed by atoms with Crippen LogP contribution in [0.2, 0.25) is 5.02 Å². The van der Waals surface area contributed by atoms with Gasteiger partial charge in [0.1, 0.15) is 17.4 Å². The summed E-state index contributed by atoms with van der Waals surface area (Å²) in [7, 11) is 0. The van der Waals surface area contributed by atoms with Crippen molar-refractivity contribution in [2.45, 2.75) is 27.3 Å². The van der Waals surface area contributed by atoms with E-state index in [9.17, 15) is 10.1 Å². The molecule has 0 saturated heterocycles. The van der Waals surface area contributed by atoms with Crippen molar-refractivity contribution in [3.05, 3.63) is 81.6 Å². The van der Waals surface area contributed by atoms with E-state index in [2.05, 4.69) is 10.4 Å². The Morgan fingerprint density at radius 2 is 1.94 bits per heavy atom. The Bertz CT molecular complexity index is 1160. The standard InChI is InChI=1S/C24H23ClN4O2/c1-4-31-21-11-9-20(10-12-21)27-24(30)19(14-26)13-22-16(2)28-29(17(22)3)15-18-7-5-6-8-23(18)25/h5-13H,4,15H2,1-3H3,(H,27,30)/b19-13+. The fraction of sp³-hybridized carbons (Fsp3) is 0.208. The Balaban J connectivity index is 1.81. The van der Waals surface area contributed by atoms with Gasteiger partial charge in [-0.1, -0.05) is 29.8 Å². The predicted molar refractivity (Wildman–Crippen MR) is 122 cm³/mol. The van der Waals surface area contributed by atoms with Crippen LogP contribution in [0.15, 0.2) is 54.1 Å². The summed E-state index contributed by atoms with van der Waals surface area (Å²) in [6, 6.07) is 16.6. The lowest BCUT2D eigenvalue weighted by molar-refractivity contribution is -0.112. The minimum Gasteiger partial charge on any atom is -0.494 e. The summed E-state index contributed by atoms with van der Waals surface area (Å²) in [6.07, 6.45) is 1.57. The maximum Gasteiger partial charge on any atom is 0.266 e. The van der Waals surface area contributed by atoms with Gasteiger partial charge in [-0.05, 0) is 62.7 Å².